The fourth-order valence-corrected chi connectivity index (χ4v) is 4.78. The first-order valence-electron chi connectivity index (χ1n) is 11.8. The van der Waals surface area contributed by atoms with Crippen molar-refractivity contribution in [2.75, 3.05) is 32.7 Å². The van der Waals surface area contributed by atoms with Gasteiger partial charge in [-0.15, -0.1) is 4.99 Å². The molecule has 2 heterocycles. The third-order valence-electron chi connectivity index (χ3n) is 5.85. The molecule has 4 aromatic rings. The number of fused-ring (bicyclic) bond motifs is 1. The van der Waals surface area contributed by atoms with E-state index >= 15 is 0 Å². The van der Waals surface area contributed by atoms with Gasteiger partial charge in [0.05, 0.1) is 10.2 Å². The summed E-state index contributed by atoms with van der Waals surface area (Å²) in [7, 11) is 0. The lowest BCUT2D eigenvalue weighted by atomic mass is 10.1. The number of nitrogens with zero attached hydrogens (tertiary/aromatic N) is 5. The molecule has 0 unspecified atom stereocenters. The van der Waals surface area contributed by atoms with Gasteiger partial charge in [-0.05, 0) is 48.4 Å². The second-order valence-electron chi connectivity index (χ2n) is 8.32. The Morgan fingerprint density at radius 3 is 2.44 bits per heavy atom. The average molecular weight is 499 g/mol. The van der Waals surface area contributed by atoms with Gasteiger partial charge in [-0.25, -0.2) is 9.99 Å². The first-order valence-corrected chi connectivity index (χ1v) is 12.6. The number of hydrogen-bond acceptors (Lipinski definition) is 8. The molecule has 0 aliphatic carbocycles. The van der Waals surface area contributed by atoms with E-state index in [1.807, 2.05) is 65.7 Å². The van der Waals surface area contributed by atoms with Gasteiger partial charge in [0.15, 0.2) is 0 Å². The first kappa shape index (κ1) is 23.8. The number of nitriles is 1. The normalized spacial score (nSPS) is 14.9. The second kappa shape index (κ2) is 11.6. The highest BCUT2D eigenvalue weighted by atomic mass is 32.1. The molecular formula is C27H26N6O2S. The molecule has 1 aliphatic rings. The number of hydrazine groups is 1. The predicted octanol–water partition coefficient (Wildman–Crippen LogP) is 4.67. The molecule has 9 heteroatoms. The van der Waals surface area contributed by atoms with E-state index in [4.69, 9.17) is 14.7 Å². The molecule has 1 saturated heterocycles. The maximum Gasteiger partial charge on any atom is 0.320 e. The Hall–Kier alpha value is -3.97. The number of ether oxygens (including phenoxy) is 2. The van der Waals surface area contributed by atoms with Gasteiger partial charge in [-0.3, -0.25) is 5.43 Å². The number of rotatable bonds is 7. The van der Waals surface area contributed by atoms with Gasteiger partial charge in [-0.2, -0.15) is 5.26 Å². The molecule has 182 valence electrons. The minimum absolute atomic E-state index is 0.185. The highest BCUT2D eigenvalue weighted by Gasteiger charge is 2.18. The van der Waals surface area contributed by atoms with Gasteiger partial charge in [0.1, 0.15) is 11.5 Å². The molecule has 3 aromatic carbocycles. The van der Waals surface area contributed by atoms with Crippen molar-refractivity contribution in [3.8, 4) is 22.9 Å². The van der Waals surface area contributed by atoms with Crippen molar-refractivity contribution in [2.45, 2.75) is 6.42 Å². The number of para-hydroxylation sites is 2. The zero-order chi connectivity index (χ0) is 24.6. The molecule has 0 atom stereocenters. The van der Waals surface area contributed by atoms with Gasteiger partial charge in [-0.1, -0.05) is 53.8 Å². The number of benzene rings is 3. The lowest BCUT2D eigenvalue weighted by molar-refractivity contribution is 0.107. The lowest BCUT2D eigenvalue weighted by Crippen LogP contribution is -2.54. The zero-order valence-corrected chi connectivity index (χ0v) is 20.5. The van der Waals surface area contributed by atoms with E-state index in [9.17, 15) is 0 Å². The van der Waals surface area contributed by atoms with Crippen LogP contribution in [0.2, 0.25) is 0 Å². The van der Waals surface area contributed by atoms with Crippen molar-refractivity contribution in [2.24, 2.45) is 4.99 Å². The third kappa shape index (κ3) is 6.37. The summed E-state index contributed by atoms with van der Waals surface area (Å²) in [5, 5.41) is 11.7. The molecule has 36 heavy (non-hydrogen) atoms. The van der Waals surface area contributed by atoms with Crippen LogP contribution in [0.4, 0.5) is 0 Å². The van der Waals surface area contributed by atoms with Gasteiger partial charge >= 0.3 is 6.02 Å². The van der Waals surface area contributed by atoms with Crippen LogP contribution in [0.5, 0.6) is 16.7 Å². The Balaban J connectivity index is 1.06. The van der Waals surface area contributed by atoms with Crippen molar-refractivity contribution in [3.63, 3.8) is 0 Å². The second-order valence-corrected chi connectivity index (χ2v) is 9.31. The van der Waals surface area contributed by atoms with Gasteiger partial charge < -0.3 is 14.4 Å². The van der Waals surface area contributed by atoms with Crippen LogP contribution in [0.25, 0.3) is 10.2 Å². The van der Waals surface area contributed by atoms with E-state index in [-0.39, 0.29) is 6.02 Å². The van der Waals surface area contributed by atoms with Crippen LogP contribution in [0.1, 0.15) is 5.56 Å². The molecule has 0 amide bonds. The van der Waals surface area contributed by atoms with Gasteiger partial charge in [0, 0.05) is 32.7 Å². The lowest BCUT2D eigenvalue weighted by Gasteiger charge is -2.34. The highest BCUT2D eigenvalue weighted by Crippen LogP contribution is 2.31. The largest absolute Gasteiger partial charge is 0.431 e. The molecular weight excluding hydrogens is 472 g/mol. The summed E-state index contributed by atoms with van der Waals surface area (Å²) in [5.74, 6) is 1.43. The number of nitrogens with one attached hydrogen (secondary N) is 1. The summed E-state index contributed by atoms with van der Waals surface area (Å²) in [4.78, 5) is 10.7. The number of hydrogen-bond donors (Lipinski definition) is 1. The summed E-state index contributed by atoms with van der Waals surface area (Å²) in [6.07, 6.45) is 2.77. The number of aromatic nitrogens is 1. The highest BCUT2D eigenvalue weighted by molar-refractivity contribution is 7.20. The van der Waals surface area contributed by atoms with E-state index in [0.29, 0.717) is 10.9 Å². The maximum atomic E-state index is 8.99. The molecule has 0 radical (unpaired) electrons. The molecule has 8 nitrogen and oxygen atoms in total. The molecule has 1 N–H and O–H groups in total. The zero-order valence-electron chi connectivity index (χ0n) is 19.7. The van der Waals surface area contributed by atoms with Crippen LogP contribution in [-0.4, -0.2) is 53.6 Å². The predicted molar refractivity (Wildman–Crippen MR) is 141 cm³/mol. The number of thiazole rings is 1. The van der Waals surface area contributed by atoms with E-state index in [1.54, 1.807) is 17.5 Å². The Morgan fingerprint density at radius 2 is 1.69 bits per heavy atom. The Bertz CT molecular complexity index is 1310. The van der Waals surface area contributed by atoms with E-state index in [2.05, 4.69) is 38.5 Å². The monoisotopic (exact) mass is 498 g/mol. The number of amidine groups is 1. The summed E-state index contributed by atoms with van der Waals surface area (Å²) >= 11 is 1.55. The standard InChI is InChI=1S/C27H26N6O2S/c28-20-29-26(34-22-6-2-1-3-7-22)31-33-18-16-32(17-19-33)15-14-21-10-12-23(13-11-21)35-27-30-24-8-4-5-9-25(24)36-27/h1-13H,14-19H2,(H,29,31). The van der Waals surface area contributed by atoms with Crippen LogP contribution >= 0.6 is 11.3 Å². The Morgan fingerprint density at radius 1 is 0.944 bits per heavy atom. The minimum Gasteiger partial charge on any atom is -0.431 e. The Kier molecular flexibility index (Phi) is 7.68. The van der Waals surface area contributed by atoms with Crippen molar-refractivity contribution in [3.05, 3.63) is 84.4 Å². The number of piperazine rings is 1. The first-order chi connectivity index (χ1) is 17.7. The van der Waals surface area contributed by atoms with E-state index in [1.165, 1.54) is 5.56 Å². The van der Waals surface area contributed by atoms with Crippen LogP contribution in [0.15, 0.2) is 83.9 Å². The SMILES string of the molecule is N#CN=C(NN1CCN(CCc2ccc(Oc3nc4ccccc4s3)cc2)CC1)Oc1ccccc1. The van der Waals surface area contributed by atoms with Crippen molar-refractivity contribution >= 4 is 27.6 Å². The van der Waals surface area contributed by atoms with E-state index in [0.717, 1.165) is 55.1 Å². The fraction of sp³-hybridized carbons (Fsp3) is 0.222. The summed E-state index contributed by atoms with van der Waals surface area (Å²) in [5.41, 5.74) is 5.36. The Labute approximate surface area is 214 Å². The smallest absolute Gasteiger partial charge is 0.320 e. The van der Waals surface area contributed by atoms with Crippen LogP contribution in [-0.2, 0) is 6.42 Å². The molecule has 0 spiro atoms. The number of aliphatic imine (C=N–C) groups is 1. The van der Waals surface area contributed by atoms with Gasteiger partial charge in [0.25, 0.3) is 5.19 Å². The quantitative estimate of drug-likeness (QED) is 0.225. The molecule has 1 fully saturated rings. The average Bonchev–Trinajstić information content (AvgIpc) is 3.32. The van der Waals surface area contributed by atoms with Crippen molar-refractivity contribution in [1.82, 2.24) is 20.3 Å². The van der Waals surface area contributed by atoms with Crippen molar-refractivity contribution < 1.29 is 9.47 Å². The van der Waals surface area contributed by atoms with Crippen LogP contribution < -0.4 is 14.9 Å². The maximum absolute atomic E-state index is 8.99. The minimum atomic E-state index is 0.185. The summed E-state index contributed by atoms with van der Waals surface area (Å²) in [6.45, 7) is 4.41. The van der Waals surface area contributed by atoms with Crippen LogP contribution in [0, 0.1) is 11.5 Å². The molecule has 5 rings (SSSR count). The van der Waals surface area contributed by atoms with Crippen molar-refractivity contribution in [1.29, 1.82) is 5.26 Å². The summed E-state index contributed by atoms with van der Waals surface area (Å²) in [6, 6.07) is 25.8. The third-order valence-corrected chi connectivity index (χ3v) is 6.77. The molecule has 1 aliphatic heterocycles. The van der Waals surface area contributed by atoms with E-state index < -0.39 is 0 Å². The molecule has 0 saturated carbocycles. The fourth-order valence-electron chi connectivity index (χ4n) is 3.94. The molecule has 0 bridgehead atoms. The van der Waals surface area contributed by atoms with Gasteiger partial charge in [0.2, 0.25) is 6.19 Å². The topological polar surface area (TPSA) is 86.0 Å². The molecule has 1 aromatic heterocycles. The summed E-state index contributed by atoms with van der Waals surface area (Å²) < 4.78 is 12.8. The van der Waals surface area contributed by atoms with Crippen LogP contribution in [0.3, 0.4) is 0 Å².